The van der Waals surface area contributed by atoms with Gasteiger partial charge in [0.2, 0.25) is 15.9 Å². The molecule has 6 heteroatoms. The highest BCUT2D eigenvalue weighted by Gasteiger charge is 2.11. The minimum atomic E-state index is -3.72. The van der Waals surface area contributed by atoms with Crippen LogP contribution in [0.3, 0.4) is 0 Å². The van der Waals surface area contributed by atoms with E-state index >= 15 is 0 Å². The van der Waals surface area contributed by atoms with E-state index in [-0.39, 0.29) is 4.90 Å². The lowest BCUT2D eigenvalue weighted by Crippen LogP contribution is -2.13. The molecule has 0 heterocycles. The number of amides is 1. The molecule has 0 unspecified atom stereocenters. The van der Waals surface area contributed by atoms with Crippen LogP contribution in [0.15, 0.2) is 53.4 Å². The molecule has 19 heavy (non-hydrogen) atoms. The van der Waals surface area contributed by atoms with Gasteiger partial charge in [0.05, 0.1) is 4.90 Å². The number of primary amides is 1. The maximum Gasteiger partial charge on any atom is 0.249 e. The maximum absolute atomic E-state index is 11.3. The van der Waals surface area contributed by atoms with Crippen molar-refractivity contribution in [3.8, 4) is 11.1 Å². The number of benzene rings is 2. The Morgan fingerprint density at radius 2 is 1.53 bits per heavy atom. The Kier molecular flexibility index (Phi) is 3.37. The Morgan fingerprint density at radius 1 is 0.947 bits per heavy atom. The van der Waals surface area contributed by atoms with E-state index in [1.54, 1.807) is 36.4 Å². The zero-order valence-electron chi connectivity index (χ0n) is 9.91. The maximum atomic E-state index is 11.3. The minimum absolute atomic E-state index is 0.0211. The van der Waals surface area contributed by atoms with E-state index in [4.69, 9.17) is 10.9 Å². The fourth-order valence-corrected chi connectivity index (χ4v) is 2.29. The summed E-state index contributed by atoms with van der Waals surface area (Å²) in [4.78, 5) is 11.3. The third kappa shape index (κ3) is 2.81. The third-order valence-electron chi connectivity index (χ3n) is 2.69. The van der Waals surface area contributed by atoms with Gasteiger partial charge in [0.1, 0.15) is 0 Å². The first kappa shape index (κ1) is 13.3. The molecular weight excluding hydrogens is 264 g/mol. The fourth-order valence-electron chi connectivity index (χ4n) is 1.77. The highest BCUT2D eigenvalue weighted by atomic mass is 32.2. The standard InChI is InChI=1S/C13H12N2O3S/c14-13(16)12-4-2-1-3-11(12)9-5-7-10(8-6-9)19(15,17)18/h1-8H,(H2,14,16)(H2,15,17,18). The van der Waals surface area contributed by atoms with E-state index in [1.807, 2.05) is 0 Å². The molecule has 98 valence electrons. The number of primary sulfonamides is 1. The molecule has 2 aromatic carbocycles. The first-order chi connectivity index (χ1) is 8.89. The van der Waals surface area contributed by atoms with Crippen LogP contribution in [0.2, 0.25) is 0 Å². The van der Waals surface area contributed by atoms with Gasteiger partial charge in [-0.3, -0.25) is 4.79 Å². The molecule has 2 aromatic rings. The number of hydrogen-bond acceptors (Lipinski definition) is 3. The van der Waals surface area contributed by atoms with Crippen LogP contribution in [0.4, 0.5) is 0 Å². The fraction of sp³-hybridized carbons (Fsp3) is 0. The van der Waals surface area contributed by atoms with Crippen LogP contribution < -0.4 is 10.9 Å². The Labute approximate surface area is 110 Å². The predicted molar refractivity (Wildman–Crippen MR) is 71.8 cm³/mol. The summed E-state index contributed by atoms with van der Waals surface area (Å²) in [6.45, 7) is 0. The van der Waals surface area contributed by atoms with Crippen LogP contribution in [0.5, 0.6) is 0 Å². The molecule has 5 nitrogen and oxygen atoms in total. The number of carbonyl (C=O) groups is 1. The lowest BCUT2D eigenvalue weighted by atomic mass is 9.99. The van der Waals surface area contributed by atoms with Gasteiger partial charge < -0.3 is 5.73 Å². The first-order valence-corrected chi connectivity index (χ1v) is 6.96. The summed E-state index contributed by atoms with van der Waals surface area (Å²) >= 11 is 0. The van der Waals surface area contributed by atoms with E-state index in [0.717, 1.165) is 0 Å². The Morgan fingerprint density at radius 3 is 2.05 bits per heavy atom. The van der Waals surface area contributed by atoms with Crippen molar-refractivity contribution in [1.82, 2.24) is 0 Å². The Hall–Kier alpha value is -2.18. The van der Waals surface area contributed by atoms with Crippen molar-refractivity contribution in [3.05, 3.63) is 54.1 Å². The van der Waals surface area contributed by atoms with Crippen molar-refractivity contribution in [2.45, 2.75) is 4.90 Å². The summed E-state index contributed by atoms with van der Waals surface area (Å²) in [6, 6.07) is 12.8. The van der Waals surface area contributed by atoms with Gasteiger partial charge in [-0.1, -0.05) is 30.3 Å². The average Bonchev–Trinajstić information content (AvgIpc) is 2.38. The molecule has 0 atom stereocenters. The minimum Gasteiger partial charge on any atom is -0.366 e. The zero-order chi connectivity index (χ0) is 14.0. The van der Waals surface area contributed by atoms with Crippen LogP contribution in [0, 0.1) is 0 Å². The van der Waals surface area contributed by atoms with E-state index < -0.39 is 15.9 Å². The molecule has 0 saturated heterocycles. The Bertz CT molecular complexity index is 722. The van der Waals surface area contributed by atoms with E-state index in [0.29, 0.717) is 16.7 Å². The average molecular weight is 276 g/mol. The van der Waals surface area contributed by atoms with Crippen molar-refractivity contribution in [2.24, 2.45) is 10.9 Å². The SMILES string of the molecule is NC(=O)c1ccccc1-c1ccc(S(N)(=O)=O)cc1. The summed E-state index contributed by atoms with van der Waals surface area (Å²) < 4.78 is 22.3. The molecular formula is C13H12N2O3S. The topological polar surface area (TPSA) is 103 Å². The number of hydrogen-bond donors (Lipinski definition) is 2. The normalized spacial score (nSPS) is 11.2. The second-order valence-electron chi connectivity index (χ2n) is 3.98. The number of sulfonamides is 1. The molecule has 0 aromatic heterocycles. The summed E-state index contributed by atoms with van der Waals surface area (Å²) in [5.74, 6) is -0.536. The molecule has 0 fully saturated rings. The van der Waals surface area contributed by atoms with Gasteiger partial charge in [-0.15, -0.1) is 0 Å². The lowest BCUT2D eigenvalue weighted by Gasteiger charge is -2.07. The molecule has 0 radical (unpaired) electrons. The third-order valence-corrected chi connectivity index (χ3v) is 3.62. The monoisotopic (exact) mass is 276 g/mol. The largest absolute Gasteiger partial charge is 0.366 e. The molecule has 1 amide bonds. The van der Waals surface area contributed by atoms with Crippen LogP contribution in [-0.2, 0) is 10.0 Å². The Balaban J connectivity index is 2.52. The first-order valence-electron chi connectivity index (χ1n) is 5.41. The number of rotatable bonds is 3. The van der Waals surface area contributed by atoms with Crippen molar-refractivity contribution >= 4 is 15.9 Å². The lowest BCUT2D eigenvalue weighted by molar-refractivity contribution is 0.100. The van der Waals surface area contributed by atoms with Crippen LogP contribution >= 0.6 is 0 Å². The van der Waals surface area contributed by atoms with Gasteiger partial charge in [0.15, 0.2) is 0 Å². The second kappa shape index (κ2) is 4.83. The highest BCUT2D eigenvalue weighted by molar-refractivity contribution is 7.89. The smallest absolute Gasteiger partial charge is 0.249 e. The summed E-state index contributed by atoms with van der Waals surface area (Å²) in [5.41, 5.74) is 7.02. The van der Waals surface area contributed by atoms with Crippen LogP contribution in [-0.4, -0.2) is 14.3 Å². The van der Waals surface area contributed by atoms with Gasteiger partial charge in [0.25, 0.3) is 0 Å². The van der Waals surface area contributed by atoms with Gasteiger partial charge in [-0.05, 0) is 29.3 Å². The summed E-state index contributed by atoms with van der Waals surface area (Å²) in [6.07, 6.45) is 0. The molecule has 0 aliphatic heterocycles. The highest BCUT2D eigenvalue weighted by Crippen LogP contribution is 2.24. The predicted octanol–water partition coefficient (Wildman–Crippen LogP) is 1.10. The summed E-state index contributed by atoms with van der Waals surface area (Å²) in [5, 5.41) is 5.02. The van der Waals surface area contributed by atoms with E-state index in [9.17, 15) is 13.2 Å². The molecule has 0 saturated carbocycles. The van der Waals surface area contributed by atoms with Crippen molar-refractivity contribution in [2.75, 3.05) is 0 Å². The van der Waals surface area contributed by atoms with E-state index in [2.05, 4.69) is 0 Å². The van der Waals surface area contributed by atoms with Crippen LogP contribution in [0.1, 0.15) is 10.4 Å². The molecule has 2 rings (SSSR count). The van der Waals surface area contributed by atoms with Crippen molar-refractivity contribution in [3.63, 3.8) is 0 Å². The van der Waals surface area contributed by atoms with Crippen molar-refractivity contribution in [1.29, 1.82) is 0 Å². The zero-order valence-corrected chi connectivity index (χ0v) is 10.7. The van der Waals surface area contributed by atoms with Gasteiger partial charge in [-0.2, -0.15) is 0 Å². The molecule has 4 N–H and O–H groups in total. The molecule has 0 bridgehead atoms. The number of carbonyl (C=O) groups excluding carboxylic acids is 1. The van der Waals surface area contributed by atoms with Gasteiger partial charge in [0, 0.05) is 5.56 Å². The number of nitrogens with two attached hydrogens (primary N) is 2. The molecule has 0 spiro atoms. The van der Waals surface area contributed by atoms with Crippen LogP contribution in [0.25, 0.3) is 11.1 Å². The van der Waals surface area contributed by atoms with Gasteiger partial charge >= 0.3 is 0 Å². The summed E-state index contributed by atoms with van der Waals surface area (Å²) in [7, 11) is -3.72. The van der Waals surface area contributed by atoms with Gasteiger partial charge in [-0.25, -0.2) is 13.6 Å². The molecule has 0 aliphatic carbocycles. The quantitative estimate of drug-likeness (QED) is 0.877. The second-order valence-corrected chi connectivity index (χ2v) is 5.54. The van der Waals surface area contributed by atoms with E-state index in [1.165, 1.54) is 12.1 Å². The molecule has 0 aliphatic rings. The van der Waals surface area contributed by atoms with Crippen molar-refractivity contribution < 1.29 is 13.2 Å².